The second-order valence-electron chi connectivity index (χ2n) is 5.35. The first-order chi connectivity index (χ1) is 8.64. The molecular formula is C15H22N2O. The number of amides is 1. The van der Waals surface area contributed by atoms with Crippen LogP contribution in [0, 0.1) is 5.41 Å². The Hall–Kier alpha value is -1.35. The highest BCUT2D eigenvalue weighted by molar-refractivity contribution is 5.95. The Labute approximate surface area is 109 Å². The molecule has 0 heterocycles. The van der Waals surface area contributed by atoms with Gasteiger partial charge in [-0.3, -0.25) is 4.79 Å². The molecule has 18 heavy (non-hydrogen) atoms. The molecule has 2 N–H and O–H groups in total. The van der Waals surface area contributed by atoms with E-state index < -0.39 is 0 Å². The summed E-state index contributed by atoms with van der Waals surface area (Å²) in [6, 6.07) is 8.06. The van der Waals surface area contributed by atoms with Crippen molar-refractivity contribution in [1.82, 2.24) is 5.32 Å². The molecule has 2 rings (SSSR count). The van der Waals surface area contributed by atoms with Gasteiger partial charge in [-0.2, -0.15) is 0 Å². The van der Waals surface area contributed by atoms with Gasteiger partial charge in [0.2, 0.25) is 5.91 Å². The summed E-state index contributed by atoms with van der Waals surface area (Å²) in [5, 5.41) is 6.32. The van der Waals surface area contributed by atoms with Crippen molar-refractivity contribution in [2.45, 2.75) is 39.7 Å². The molecule has 0 aliphatic heterocycles. The van der Waals surface area contributed by atoms with Crippen molar-refractivity contribution in [3.05, 3.63) is 29.8 Å². The van der Waals surface area contributed by atoms with Gasteiger partial charge in [0.15, 0.2) is 0 Å². The first kappa shape index (κ1) is 13.1. The van der Waals surface area contributed by atoms with Crippen LogP contribution in [0.25, 0.3) is 0 Å². The van der Waals surface area contributed by atoms with Gasteiger partial charge in [-0.15, -0.1) is 0 Å². The Balaban J connectivity index is 1.98. The lowest BCUT2D eigenvalue weighted by Gasteiger charge is -2.36. The number of carbonyl (C=O) groups excluding carboxylic acids is 1. The lowest BCUT2D eigenvalue weighted by molar-refractivity contribution is -0.128. The number of benzene rings is 1. The maximum Gasteiger partial charge on any atom is 0.230 e. The first-order valence-corrected chi connectivity index (χ1v) is 6.75. The fourth-order valence-electron chi connectivity index (χ4n) is 2.24. The molecule has 98 valence electrons. The molecule has 0 atom stereocenters. The SMILES string of the molecule is CCNCc1cccc(NC(=O)C2(C)CCC2)c1. The second kappa shape index (κ2) is 5.53. The highest BCUT2D eigenvalue weighted by atomic mass is 16.2. The van der Waals surface area contributed by atoms with Crippen LogP contribution < -0.4 is 10.6 Å². The van der Waals surface area contributed by atoms with Gasteiger partial charge in [-0.05, 0) is 37.1 Å². The third-order valence-corrected chi connectivity index (χ3v) is 3.77. The number of anilines is 1. The average Bonchev–Trinajstić information content (AvgIpc) is 2.34. The lowest BCUT2D eigenvalue weighted by Crippen LogP contribution is -2.39. The molecule has 0 unspecified atom stereocenters. The van der Waals surface area contributed by atoms with E-state index in [0.29, 0.717) is 0 Å². The zero-order valence-corrected chi connectivity index (χ0v) is 11.3. The molecule has 1 aliphatic rings. The minimum absolute atomic E-state index is 0.141. The third-order valence-electron chi connectivity index (χ3n) is 3.77. The van der Waals surface area contributed by atoms with Gasteiger partial charge in [-0.1, -0.05) is 32.4 Å². The Morgan fingerprint density at radius 3 is 2.78 bits per heavy atom. The van der Waals surface area contributed by atoms with Gasteiger partial charge >= 0.3 is 0 Å². The second-order valence-corrected chi connectivity index (χ2v) is 5.35. The van der Waals surface area contributed by atoms with E-state index in [2.05, 4.69) is 23.6 Å². The highest BCUT2D eigenvalue weighted by Gasteiger charge is 2.39. The van der Waals surface area contributed by atoms with E-state index in [0.717, 1.165) is 31.6 Å². The van der Waals surface area contributed by atoms with Crippen LogP contribution >= 0.6 is 0 Å². The molecular weight excluding hydrogens is 224 g/mol. The van der Waals surface area contributed by atoms with Crippen LogP contribution in [0.4, 0.5) is 5.69 Å². The van der Waals surface area contributed by atoms with E-state index >= 15 is 0 Å². The number of hydrogen-bond donors (Lipinski definition) is 2. The van der Waals surface area contributed by atoms with E-state index in [9.17, 15) is 4.79 Å². The number of nitrogens with one attached hydrogen (secondary N) is 2. The van der Waals surface area contributed by atoms with E-state index in [4.69, 9.17) is 0 Å². The standard InChI is InChI=1S/C15H22N2O/c1-3-16-11-12-6-4-7-13(10-12)17-14(18)15(2)8-5-9-15/h4,6-7,10,16H,3,5,8-9,11H2,1-2H3,(H,17,18). The molecule has 1 amide bonds. The third kappa shape index (κ3) is 2.91. The molecule has 1 aliphatic carbocycles. The van der Waals surface area contributed by atoms with Crippen LogP contribution in [0.15, 0.2) is 24.3 Å². The molecule has 0 spiro atoms. The maximum absolute atomic E-state index is 12.1. The fourth-order valence-corrected chi connectivity index (χ4v) is 2.24. The molecule has 0 radical (unpaired) electrons. The Kier molecular flexibility index (Phi) is 4.02. The number of carbonyl (C=O) groups is 1. The molecule has 1 fully saturated rings. The summed E-state index contributed by atoms with van der Waals surface area (Å²) in [5.74, 6) is 0.161. The number of hydrogen-bond acceptors (Lipinski definition) is 2. The van der Waals surface area contributed by atoms with E-state index in [1.54, 1.807) is 0 Å². The Morgan fingerprint density at radius 1 is 1.39 bits per heavy atom. The van der Waals surface area contributed by atoms with E-state index in [1.165, 1.54) is 12.0 Å². The van der Waals surface area contributed by atoms with E-state index in [1.807, 2.05) is 25.1 Å². The van der Waals surface area contributed by atoms with Crippen molar-refractivity contribution in [3.8, 4) is 0 Å². The summed E-state index contributed by atoms with van der Waals surface area (Å²) in [5.41, 5.74) is 1.97. The number of rotatable bonds is 5. The smallest absolute Gasteiger partial charge is 0.230 e. The van der Waals surface area contributed by atoms with Crippen molar-refractivity contribution in [2.75, 3.05) is 11.9 Å². The maximum atomic E-state index is 12.1. The van der Waals surface area contributed by atoms with Crippen molar-refractivity contribution in [2.24, 2.45) is 5.41 Å². The van der Waals surface area contributed by atoms with Crippen LogP contribution in [-0.4, -0.2) is 12.5 Å². The largest absolute Gasteiger partial charge is 0.326 e. The summed E-state index contributed by atoms with van der Waals surface area (Å²) in [7, 11) is 0. The summed E-state index contributed by atoms with van der Waals surface area (Å²) in [4.78, 5) is 12.1. The van der Waals surface area contributed by atoms with Crippen LogP contribution in [0.2, 0.25) is 0 Å². The molecule has 3 heteroatoms. The van der Waals surface area contributed by atoms with Gasteiger partial charge < -0.3 is 10.6 Å². The van der Waals surface area contributed by atoms with Gasteiger partial charge in [0.05, 0.1) is 0 Å². The minimum atomic E-state index is -0.141. The van der Waals surface area contributed by atoms with Crippen LogP contribution in [0.3, 0.4) is 0 Å². The van der Waals surface area contributed by atoms with Gasteiger partial charge in [0.25, 0.3) is 0 Å². The zero-order chi connectivity index (χ0) is 13.0. The quantitative estimate of drug-likeness (QED) is 0.838. The summed E-state index contributed by atoms with van der Waals surface area (Å²) in [6.07, 6.45) is 3.19. The molecule has 3 nitrogen and oxygen atoms in total. The highest BCUT2D eigenvalue weighted by Crippen LogP contribution is 2.41. The molecule has 0 aromatic heterocycles. The van der Waals surface area contributed by atoms with Crippen molar-refractivity contribution < 1.29 is 4.79 Å². The first-order valence-electron chi connectivity index (χ1n) is 6.75. The summed E-state index contributed by atoms with van der Waals surface area (Å²) >= 11 is 0. The summed E-state index contributed by atoms with van der Waals surface area (Å²) < 4.78 is 0. The van der Waals surface area contributed by atoms with Crippen LogP contribution in [0.1, 0.15) is 38.7 Å². The Bertz CT molecular complexity index is 424. The topological polar surface area (TPSA) is 41.1 Å². The molecule has 1 aromatic rings. The minimum Gasteiger partial charge on any atom is -0.326 e. The van der Waals surface area contributed by atoms with Crippen LogP contribution in [-0.2, 0) is 11.3 Å². The predicted molar refractivity (Wildman–Crippen MR) is 74.4 cm³/mol. The van der Waals surface area contributed by atoms with Gasteiger partial charge in [0.1, 0.15) is 0 Å². The Morgan fingerprint density at radius 2 is 2.17 bits per heavy atom. The summed E-state index contributed by atoms with van der Waals surface area (Å²) in [6.45, 7) is 5.93. The predicted octanol–water partition coefficient (Wildman–Crippen LogP) is 2.92. The van der Waals surface area contributed by atoms with Crippen LogP contribution in [0.5, 0.6) is 0 Å². The van der Waals surface area contributed by atoms with Crippen molar-refractivity contribution >= 4 is 11.6 Å². The normalized spacial score (nSPS) is 17.0. The average molecular weight is 246 g/mol. The van der Waals surface area contributed by atoms with Gasteiger partial charge in [0, 0.05) is 17.6 Å². The monoisotopic (exact) mass is 246 g/mol. The van der Waals surface area contributed by atoms with Crippen molar-refractivity contribution in [1.29, 1.82) is 0 Å². The lowest BCUT2D eigenvalue weighted by atomic mass is 9.70. The van der Waals surface area contributed by atoms with E-state index in [-0.39, 0.29) is 11.3 Å². The molecule has 1 aromatic carbocycles. The molecule has 0 bridgehead atoms. The van der Waals surface area contributed by atoms with Gasteiger partial charge in [-0.25, -0.2) is 0 Å². The molecule has 0 saturated heterocycles. The fraction of sp³-hybridized carbons (Fsp3) is 0.533. The molecule has 1 saturated carbocycles. The zero-order valence-electron chi connectivity index (χ0n) is 11.3. The van der Waals surface area contributed by atoms with Crippen molar-refractivity contribution in [3.63, 3.8) is 0 Å².